The number of hydrogen-bond donors (Lipinski definition) is 1. The van der Waals surface area contributed by atoms with Crippen molar-refractivity contribution in [2.24, 2.45) is 5.73 Å². The topological polar surface area (TPSA) is 78.6 Å². The van der Waals surface area contributed by atoms with Crippen LogP contribution in [0, 0.1) is 0 Å². The van der Waals surface area contributed by atoms with Crippen molar-refractivity contribution in [2.75, 3.05) is 13.2 Å². The van der Waals surface area contributed by atoms with E-state index in [-0.39, 0.29) is 13.0 Å². The van der Waals surface area contributed by atoms with E-state index in [2.05, 4.69) is 4.74 Å². The zero-order valence-electron chi connectivity index (χ0n) is 8.25. The molecule has 0 aliphatic carbocycles. The number of nitrogens with two attached hydrogens (primary N) is 1. The summed E-state index contributed by atoms with van der Waals surface area (Å²) in [5.74, 6) is -1.35. The van der Waals surface area contributed by atoms with Crippen molar-refractivity contribution < 1.29 is 19.1 Å². The Morgan fingerprint density at radius 3 is 2.93 bits per heavy atom. The lowest BCUT2D eigenvalue weighted by Crippen LogP contribution is -2.52. The minimum Gasteiger partial charge on any atom is -0.464 e. The summed E-state index contributed by atoms with van der Waals surface area (Å²) in [6, 6.07) is 0. The quantitative estimate of drug-likeness (QED) is 0.392. The molecule has 2 N–H and O–H groups in total. The molecule has 5 heteroatoms. The first-order valence-electron chi connectivity index (χ1n) is 4.74. The van der Waals surface area contributed by atoms with Gasteiger partial charge in [-0.05, 0) is 6.42 Å². The van der Waals surface area contributed by atoms with Gasteiger partial charge in [-0.3, -0.25) is 0 Å². The highest BCUT2D eigenvalue weighted by atomic mass is 16.6. The van der Waals surface area contributed by atoms with Gasteiger partial charge >= 0.3 is 11.9 Å². The molecule has 1 heterocycles. The molecule has 1 unspecified atom stereocenters. The van der Waals surface area contributed by atoms with Crippen molar-refractivity contribution in [2.45, 2.75) is 31.7 Å². The number of rotatable bonds is 4. The number of carbonyl (C=O) groups is 2. The molecule has 1 fully saturated rings. The second kappa shape index (κ2) is 4.41. The van der Waals surface area contributed by atoms with Crippen LogP contribution in [0.25, 0.3) is 0 Å². The molecule has 1 aliphatic rings. The van der Waals surface area contributed by atoms with Crippen LogP contribution in [0.4, 0.5) is 0 Å². The molecule has 0 bridgehead atoms. The van der Waals surface area contributed by atoms with Crippen LogP contribution in [-0.4, -0.2) is 30.7 Å². The van der Waals surface area contributed by atoms with E-state index < -0.39 is 17.5 Å². The van der Waals surface area contributed by atoms with Crippen LogP contribution in [0.15, 0.2) is 0 Å². The molecule has 0 aromatic carbocycles. The lowest BCUT2D eigenvalue weighted by Gasteiger charge is -2.16. The second-order valence-corrected chi connectivity index (χ2v) is 3.35. The van der Waals surface area contributed by atoms with Crippen molar-refractivity contribution in [1.29, 1.82) is 0 Å². The number of hydrogen-bond acceptors (Lipinski definition) is 5. The van der Waals surface area contributed by atoms with E-state index in [0.717, 1.165) is 12.8 Å². The molecule has 1 rings (SSSR count). The number of ether oxygens (including phenoxy) is 2. The monoisotopic (exact) mass is 201 g/mol. The number of cyclic esters (lactones) is 1. The van der Waals surface area contributed by atoms with Crippen LogP contribution < -0.4 is 5.73 Å². The third kappa shape index (κ3) is 2.04. The van der Waals surface area contributed by atoms with Gasteiger partial charge in [0.05, 0.1) is 13.2 Å². The normalized spacial score (nSPS) is 26.0. The average molecular weight is 201 g/mol. The fourth-order valence-electron chi connectivity index (χ4n) is 1.16. The zero-order valence-corrected chi connectivity index (χ0v) is 8.25. The summed E-state index contributed by atoms with van der Waals surface area (Å²) in [5, 5.41) is 0. The van der Waals surface area contributed by atoms with Gasteiger partial charge in [0, 0.05) is 6.42 Å². The molecule has 0 radical (unpaired) electrons. The number of carbonyl (C=O) groups excluding carboxylic acids is 2. The van der Waals surface area contributed by atoms with E-state index in [1.807, 2.05) is 6.92 Å². The molecule has 0 amide bonds. The lowest BCUT2D eigenvalue weighted by molar-refractivity contribution is -0.158. The highest BCUT2D eigenvalue weighted by molar-refractivity contribution is 6.05. The Kier molecular flexibility index (Phi) is 3.46. The van der Waals surface area contributed by atoms with Gasteiger partial charge in [-0.2, -0.15) is 0 Å². The highest BCUT2D eigenvalue weighted by Gasteiger charge is 2.49. The fraction of sp³-hybridized carbons (Fsp3) is 0.778. The molecule has 5 nitrogen and oxygen atoms in total. The van der Waals surface area contributed by atoms with Crippen LogP contribution in [0.5, 0.6) is 0 Å². The van der Waals surface area contributed by atoms with Gasteiger partial charge in [0.2, 0.25) is 5.54 Å². The van der Waals surface area contributed by atoms with Crippen molar-refractivity contribution in [3.05, 3.63) is 0 Å². The van der Waals surface area contributed by atoms with E-state index in [4.69, 9.17) is 10.5 Å². The molecular formula is C9H15NO4. The van der Waals surface area contributed by atoms with Crippen LogP contribution in [0.2, 0.25) is 0 Å². The molecule has 80 valence electrons. The van der Waals surface area contributed by atoms with Crippen LogP contribution in [0.3, 0.4) is 0 Å². The van der Waals surface area contributed by atoms with Crippen molar-refractivity contribution >= 4 is 11.9 Å². The summed E-state index contributed by atoms with van der Waals surface area (Å²) in [7, 11) is 0. The van der Waals surface area contributed by atoms with Crippen molar-refractivity contribution in [3.8, 4) is 0 Å². The lowest BCUT2D eigenvalue weighted by atomic mass is 10.0. The summed E-state index contributed by atoms with van der Waals surface area (Å²) >= 11 is 0. The van der Waals surface area contributed by atoms with E-state index in [0.29, 0.717) is 6.61 Å². The number of unbranched alkanes of at least 4 members (excludes halogenated alkanes) is 1. The first-order valence-corrected chi connectivity index (χ1v) is 4.74. The van der Waals surface area contributed by atoms with Crippen LogP contribution in [0.1, 0.15) is 26.2 Å². The van der Waals surface area contributed by atoms with E-state index in [9.17, 15) is 9.59 Å². The van der Waals surface area contributed by atoms with Crippen LogP contribution in [-0.2, 0) is 19.1 Å². The maximum absolute atomic E-state index is 11.4. The molecule has 0 spiro atoms. The smallest absolute Gasteiger partial charge is 0.337 e. The minimum atomic E-state index is -1.56. The molecule has 0 aromatic rings. The maximum atomic E-state index is 11.4. The van der Waals surface area contributed by atoms with E-state index in [1.165, 1.54) is 0 Å². The molecule has 0 aromatic heterocycles. The molecule has 1 atom stereocenters. The summed E-state index contributed by atoms with van der Waals surface area (Å²) in [6.07, 6.45) is 1.91. The Morgan fingerprint density at radius 1 is 1.71 bits per heavy atom. The number of esters is 2. The average Bonchev–Trinajstić information content (AvgIpc) is 2.49. The van der Waals surface area contributed by atoms with Gasteiger partial charge in [0.1, 0.15) is 0 Å². The molecule has 1 saturated heterocycles. The second-order valence-electron chi connectivity index (χ2n) is 3.35. The Bertz CT molecular complexity index is 241. The van der Waals surface area contributed by atoms with Gasteiger partial charge in [0.25, 0.3) is 0 Å². The summed E-state index contributed by atoms with van der Waals surface area (Å²) in [6.45, 7) is 2.48. The first kappa shape index (κ1) is 11.0. The van der Waals surface area contributed by atoms with E-state index >= 15 is 0 Å². The zero-order chi connectivity index (χ0) is 10.6. The summed E-state index contributed by atoms with van der Waals surface area (Å²) in [5.41, 5.74) is 4.02. The predicted molar refractivity (Wildman–Crippen MR) is 48.4 cm³/mol. The molecule has 0 saturated carbocycles. The predicted octanol–water partition coefficient (Wildman–Crippen LogP) is -0.0259. The Morgan fingerprint density at radius 2 is 2.43 bits per heavy atom. The summed E-state index contributed by atoms with van der Waals surface area (Å²) < 4.78 is 9.51. The van der Waals surface area contributed by atoms with Crippen LogP contribution >= 0.6 is 0 Å². The van der Waals surface area contributed by atoms with Gasteiger partial charge in [-0.15, -0.1) is 0 Å². The van der Waals surface area contributed by atoms with Gasteiger partial charge in [0.15, 0.2) is 0 Å². The Hall–Kier alpha value is -1.10. The van der Waals surface area contributed by atoms with Crippen molar-refractivity contribution in [1.82, 2.24) is 0 Å². The van der Waals surface area contributed by atoms with Gasteiger partial charge < -0.3 is 15.2 Å². The third-order valence-electron chi connectivity index (χ3n) is 2.19. The summed E-state index contributed by atoms with van der Waals surface area (Å²) in [4.78, 5) is 22.5. The van der Waals surface area contributed by atoms with Crippen molar-refractivity contribution in [3.63, 3.8) is 0 Å². The SMILES string of the molecule is CCCCOC(=O)C1(N)CCOC1=O. The molecule has 14 heavy (non-hydrogen) atoms. The standard InChI is InChI=1S/C9H15NO4/c1-2-3-5-13-7(11)9(10)4-6-14-8(9)12/h2-6,10H2,1H3. The highest BCUT2D eigenvalue weighted by Crippen LogP contribution is 2.18. The van der Waals surface area contributed by atoms with Gasteiger partial charge in [-0.25, -0.2) is 9.59 Å². The molecular weight excluding hydrogens is 186 g/mol. The Labute approximate surface area is 82.5 Å². The fourth-order valence-corrected chi connectivity index (χ4v) is 1.16. The first-order chi connectivity index (χ1) is 6.61. The van der Waals surface area contributed by atoms with Gasteiger partial charge in [-0.1, -0.05) is 13.3 Å². The largest absolute Gasteiger partial charge is 0.464 e. The minimum absolute atomic E-state index is 0.193. The van der Waals surface area contributed by atoms with E-state index in [1.54, 1.807) is 0 Å². The Balaban J connectivity index is 2.46. The maximum Gasteiger partial charge on any atom is 0.337 e. The third-order valence-corrected chi connectivity index (χ3v) is 2.19. The molecule has 1 aliphatic heterocycles.